The first kappa shape index (κ1) is 32.6. The summed E-state index contributed by atoms with van der Waals surface area (Å²) in [7, 11) is 2.54. The maximum absolute atomic E-state index is 11.7. The van der Waals surface area contributed by atoms with Crippen LogP contribution >= 0.6 is 0 Å². The summed E-state index contributed by atoms with van der Waals surface area (Å²) in [5.74, 6) is -0.921. The Balaban J connectivity index is -0.000000217. The van der Waals surface area contributed by atoms with Crippen LogP contribution in [0.5, 0.6) is 0 Å². The van der Waals surface area contributed by atoms with Gasteiger partial charge in [-0.05, 0) is 20.8 Å². The van der Waals surface area contributed by atoms with Gasteiger partial charge in [0.25, 0.3) is 0 Å². The number of nitrogens with two attached hydrogens (primary N) is 1. The molecule has 0 spiro atoms. The molecule has 160 valence electrons. The van der Waals surface area contributed by atoms with Crippen LogP contribution in [0, 0.1) is 17.9 Å². The molecule has 10 nitrogen and oxygen atoms in total. The Labute approximate surface area is 167 Å². The van der Waals surface area contributed by atoms with Crippen molar-refractivity contribution in [3.8, 4) is 6.07 Å². The van der Waals surface area contributed by atoms with E-state index in [0.717, 1.165) is 4.90 Å². The van der Waals surface area contributed by atoms with Crippen LogP contribution in [0.1, 0.15) is 28.2 Å². The van der Waals surface area contributed by atoms with Crippen molar-refractivity contribution >= 4 is 18.0 Å². The lowest BCUT2D eigenvalue weighted by atomic mass is 10.2. The van der Waals surface area contributed by atoms with Gasteiger partial charge in [0.2, 0.25) is 6.54 Å². The monoisotopic (exact) mass is 400 g/mol. The highest BCUT2D eigenvalue weighted by molar-refractivity contribution is 5.78. The molecule has 0 aromatic carbocycles. The molecular formula is C18H32N4O6. The lowest BCUT2D eigenvalue weighted by Gasteiger charge is -2.25. The number of methoxy groups -OCH3 is 2. The van der Waals surface area contributed by atoms with E-state index in [-0.39, 0.29) is 39.6 Å². The van der Waals surface area contributed by atoms with Crippen LogP contribution in [-0.2, 0) is 23.8 Å². The van der Waals surface area contributed by atoms with Crippen molar-refractivity contribution in [2.75, 3.05) is 40.4 Å². The molecule has 0 aromatic rings. The molecule has 0 saturated carbocycles. The summed E-state index contributed by atoms with van der Waals surface area (Å²) in [5.41, 5.74) is 4.17. The van der Waals surface area contributed by atoms with Gasteiger partial charge in [-0.15, -0.1) is 0 Å². The Hall–Kier alpha value is -3.11. The maximum Gasteiger partial charge on any atom is 0.411 e. The second-order valence-electron chi connectivity index (χ2n) is 5.47. The van der Waals surface area contributed by atoms with E-state index < -0.39 is 17.7 Å². The van der Waals surface area contributed by atoms with Crippen LogP contribution < -0.4 is 5.73 Å². The van der Waals surface area contributed by atoms with Gasteiger partial charge in [0, 0.05) is 6.08 Å². The van der Waals surface area contributed by atoms with Crippen LogP contribution in [0.25, 0.3) is 4.85 Å². The van der Waals surface area contributed by atoms with Gasteiger partial charge in [0.1, 0.15) is 12.1 Å². The normalized spacial score (nSPS) is 8.43. The van der Waals surface area contributed by atoms with Gasteiger partial charge in [-0.3, -0.25) is 14.5 Å². The van der Waals surface area contributed by atoms with Crippen molar-refractivity contribution in [3.05, 3.63) is 24.1 Å². The summed E-state index contributed by atoms with van der Waals surface area (Å²) in [4.78, 5) is 36.9. The molecule has 0 unspecified atom stereocenters. The Morgan fingerprint density at radius 3 is 1.96 bits per heavy atom. The van der Waals surface area contributed by atoms with Crippen LogP contribution in [0.4, 0.5) is 4.79 Å². The Bertz CT molecular complexity index is 538. The number of allylic oxidation sites excluding steroid dienone is 1. The number of rotatable bonds is 5. The molecule has 0 fully saturated rings. The predicted octanol–water partition coefficient (Wildman–Crippen LogP) is 1.77. The Morgan fingerprint density at radius 1 is 1.25 bits per heavy atom. The average Bonchev–Trinajstić information content (AvgIpc) is 2.63. The molecule has 0 saturated heterocycles. The molecule has 0 atom stereocenters. The van der Waals surface area contributed by atoms with Crippen molar-refractivity contribution in [3.63, 3.8) is 0 Å². The van der Waals surface area contributed by atoms with Crippen LogP contribution in [0.3, 0.4) is 0 Å². The molecule has 2 N–H and O–H groups in total. The minimum atomic E-state index is -0.635. The summed E-state index contributed by atoms with van der Waals surface area (Å²) in [5, 5.41) is 7.51. The highest BCUT2D eigenvalue weighted by Gasteiger charge is 2.24. The van der Waals surface area contributed by atoms with Crippen LogP contribution in [0.2, 0.25) is 0 Å². The van der Waals surface area contributed by atoms with E-state index >= 15 is 0 Å². The lowest BCUT2D eigenvalue weighted by Crippen LogP contribution is -2.41. The minimum absolute atomic E-state index is 0. The molecule has 0 aromatic heterocycles. The largest absolute Gasteiger partial charge is 0.468 e. The SMILES string of the molecule is C.C=CC#N.COC(=O)CN.[C-]#[N+]CCN(CC(=O)OC)C(=O)OC(C)(C)C. The zero-order valence-electron chi connectivity index (χ0n) is 16.5. The average molecular weight is 400 g/mol. The van der Waals surface area contributed by atoms with E-state index in [1.54, 1.807) is 26.8 Å². The van der Waals surface area contributed by atoms with Gasteiger partial charge in [-0.1, -0.05) is 14.0 Å². The molecule has 28 heavy (non-hydrogen) atoms. The molecular weight excluding hydrogens is 368 g/mol. The second kappa shape index (κ2) is 20.2. The number of hydrogen-bond donors (Lipinski definition) is 1. The number of esters is 2. The summed E-state index contributed by atoms with van der Waals surface area (Å²) >= 11 is 0. The molecule has 0 heterocycles. The topological polar surface area (TPSA) is 136 Å². The first-order valence-corrected chi connectivity index (χ1v) is 7.68. The third kappa shape index (κ3) is 25.1. The molecule has 0 aliphatic carbocycles. The fraction of sp³-hybridized carbons (Fsp3) is 0.611. The number of amides is 1. The quantitative estimate of drug-likeness (QED) is 0.319. The first-order valence-electron chi connectivity index (χ1n) is 7.68. The highest BCUT2D eigenvalue weighted by atomic mass is 16.6. The fourth-order valence-corrected chi connectivity index (χ4v) is 1.04. The summed E-state index contributed by atoms with van der Waals surface area (Å²) < 4.78 is 13.7. The Morgan fingerprint density at radius 2 is 1.71 bits per heavy atom. The third-order valence-electron chi connectivity index (χ3n) is 2.17. The smallest absolute Gasteiger partial charge is 0.411 e. The van der Waals surface area contributed by atoms with E-state index in [2.05, 4.69) is 20.9 Å². The van der Waals surface area contributed by atoms with Crippen LogP contribution in [-0.4, -0.2) is 68.9 Å². The van der Waals surface area contributed by atoms with Gasteiger partial charge >= 0.3 is 18.0 Å². The number of nitriles is 1. The number of hydrogen-bond acceptors (Lipinski definition) is 8. The van der Waals surface area contributed by atoms with Gasteiger partial charge in [-0.2, -0.15) is 5.26 Å². The zero-order chi connectivity index (χ0) is 21.9. The number of nitrogens with zero attached hydrogens (tertiary/aromatic N) is 3. The molecule has 0 radical (unpaired) electrons. The summed E-state index contributed by atoms with van der Waals surface area (Å²) in [6.07, 6.45) is 0.562. The second-order valence-corrected chi connectivity index (χ2v) is 5.47. The molecule has 0 rings (SSSR count). The lowest BCUT2D eigenvalue weighted by molar-refractivity contribution is -0.142. The van der Waals surface area contributed by atoms with E-state index in [4.69, 9.17) is 22.3 Å². The summed E-state index contributed by atoms with van der Waals surface area (Å²) in [6, 6.07) is 1.69. The molecule has 1 amide bonds. The first-order chi connectivity index (χ1) is 12.5. The summed E-state index contributed by atoms with van der Waals surface area (Å²) in [6.45, 7) is 15.0. The van der Waals surface area contributed by atoms with E-state index in [0.29, 0.717) is 0 Å². The van der Waals surface area contributed by atoms with E-state index in [1.165, 1.54) is 20.3 Å². The molecule has 10 heteroatoms. The highest BCUT2D eigenvalue weighted by Crippen LogP contribution is 2.09. The van der Waals surface area contributed by atoms with Crippen molar-refractivity contribution in [1.82, 2.24) is 4.90 Å². The van der Waals surface area contributed by atoms with Crippen molar-refractivity contribution in [2.24, 2.45) is 5.73 Å². The minimum Gasteiger partial charge on any atom is -0.468 e. The van der Waals surface area contributed by atoms with Gasteiger partial charge < -0.3 is 24.8 Å². The van der Waals surface area contributed by atoms with Crippen molar-refractivity contribution < 1.29 is 28.6 Å². The Kier molecular flexibility index (Phi) is 23.5. The molecule has 0 bridgehead atoms. The van der Waals surface area contributed by atoms with Gasteiger partial charge in [0.15, 0.2) is 0 Å². The number of carbonyl (C=O) groups is 3. The van der Waals surface area contributed by atoms with Gasteiger partial charge in [0.05, 0.1) is 33.4 Å². The van der Waals surface area contributed by atoms with Gasteiger partial charge in [-0.25, -0.2) is 11.4 Å². The standard InChI is InChI=1S/C11H18N2O4.C3H7NO2.C3H3N.CH4/c1-11(2,3)17-10(15)13(7-6-12-4)8-9(14)16-5;1-6-3(5)2-4;1-2-3-4;/h6-8H2,1-3,5H3;2,4H2,1H3;2H,1H2;1H4. The van der Waals surface area contributed by atoms with Crippen molar-refractivity contribution in [2.45, 2.75) is 33.8 Å². The van der Waals surface area contributed by atoms with Crippen molar-refractivity contribution in [1.29, 1.82) is 5.26 Å². The zero-order valence-corrected chi connectivity index (χ0v) is 16.5. The fourth-order valence-electron chi connectivity index (χ4n) is 1.04. The predicted molar refractivity (Wildman–Crippen MR) is 105 cm³/mol. The molecule has 0 aliphatic rings. The molecule has 0 aliphatic heterocycles. The van der Waals surface area contributed by atoms with E-state index in [1.807, 2.05) is 0 Å². The maximum atomic E-state index is 11.7. The number of carbonyl (C=O) groups excluding carboxylic acids is 3. The third-order valence-corrected chi connectivity index (χ3v) is 2.17. The van der Waals surface area contributed by atoms with E-state index in [9.17, 15) is 14.4 Å². The van der Waals surface area contributed by atoms with Crippen LogP contribution in [0.15, 0.2) is 12.7 Å². The number of ether oxygens (including phenoxy) is 3.